The van der Waals surface area contributed by atoms with Gasteiger partial charge in [-0.25, -0.2) is 4.98 Å². The van der Waals surface area contributed by atoms with Crippen molar-refractivity contribution in [1.29, 1.82) is 0 Å². The molecule has 1 rings (SSSR count). The van der Waals surface area contributed by atoms with Gasteiger partial charge < -0.3 is 9.73 Å². The summed E-state index contributed by atoms with van der Waals surface area (Å²) < 4.78 is 4.82. The summed E-state index contributed by atoms with van der Waals surface area (Å²) in [5.74, 6) is 0.274. The van der Waals surface area contributed by atoms with Crippen molar-refractivity contribution in [2.24, 2.45) is 0 Å². The van der Waals surface area contributed by atoms with Crippen LogP contribution in [-0.4, -0.2) is 17.9 Å². The Labute approximate surface area is 72.0 Å². The Balaban J connectivity index is 0.000000561. The summed E-state index contributed by atoms with van der Waals surface area (Å²) in [6, 6.07) is 0. The van der Waals surface area contributed by atoms with E-state index in [9.17, 15) is 4.79 Å². The summed E-state index contributed by atoms with van der Waals surface area (Å²) in [6.07, 6.45) is 1.33. The molecule has 1 N–H and O–H groups in total. The van der Waals surface area contributed by atoms with Crippen LogP contribution in [0.4, 0.5) is 0 Å². The molecule has 12 heavy (non-hydrogen) atoms. The monoisotopic (exact) mass is 170 g/mol. The number of nitrogens with one attached hydrogen (secondary N) is 1. The molecular weight excluding hydrogens is 156 g/mol. The summed E-state index contributed by atoms with van der Waals surface area (Å²) in [7, 11) is 1.55. The molecule has 1 aromatic rings. The molecule has 68 valence electrons. The van der Waals surface area contributed by atoms with E-state index < -0.39 is 0 Å². The molecule has 0 aliphatic heterocycles. The van der Waals surface area contributed by atoms with Crippen molar-refractivity contribution in [3.8, 4) is 0 Å². The van der Waals surface area contributed by atoms with Crippen LogP contribution in [0.25, 0.3) is 0 Å². The Morgan fingerprint density at radius 2 is 2.17 bits per heavy atom. The molecule has 4 heteroatoms. The van der Waals surface area contributed by atoms with E-state index in [0.29, 0.717) is 11.6 Å². The van der Waals surface area contributed by atoms with Crippen LogP contribution in [0.15, 0.2) is 10.7 Å². The van der Waals surface area contributed by atoms with Gasteiger partial charge >= 0.3 is 0 Å². The fraction of sp³-hybridized carbons (Fsp3) is 0.500. The molecule has 0 aliphatic rings. The Hall–Kier alpha value is -1.32. The third-order valence-corrected chi connectivity index (χ3v) is 1.08. The first-order chi connectivity index (χ1) is 5.74. The van der Waals surface area contributed by atoms with Crippen LogP contribution in [0.5, 0.6) is 0 Å². The van der Waals surface area contributed by atoms with Gasteiger partial charge in [-0.1, -0.05) is 13.8 Å². The highest BCUT2D eigenvalue weighted by atomic mass is 16.3. The van der Waals surface area contributed by atoms with E-state index in [1.165, 1.54) is 6.26 Å². The Bertz CT molecular complexity index is 243. The number of hydrogen-bond donors (Lipinski definition) is 1. The van der Waals surface area contributed by atoms with E-state index in [2.05, 4.69) is 10.3 Å². The van der Waals surface area contributed by atoms with Crippen molar-refractivity contribution in [3.05, 3.63) is 17.8 Å². The molecule has 0 bridgehead atoms. The van der Waals surface area contributed by atoms with E-state index >= 15 is 0 Å². The normalized spacial score (nSPS) is 8.33. The molecule has 0 saturated carbocycles. The molecule has 0 unspecified atom stereocenters. The molecule has 0 aliphatic carbocycles. The number of amides is 1. The molecule has 0 radical (unpaired) electrons. The van der Waals surface area contributed by atoms with Gasteiger partial charge in [0.25, 0.3) is 5.91 Å². The van der Waals surface area contributed by atoms with Gasteiger partial charge in [-0.2, -0.15) is 0 Å². The second-order valence-electron chi connectivity index (χ2n) is 1.83. The van der Waals surface area contributed by atoms with Gasteiger partial charge in [0.15, 0.2) is 11.6 Å². The Morgan fingerprint density at radius 1 is 1.58 bits per heavy atom. The molecule has 0 aromatic carbocycles. The van der Waals surface area contributed by atoms with Crippen LogP contribution in [-0.2, 0) is 0 Å². The predicted octanol–water partition coefficient (Wildman–Crippen LogP) is 1.37. The number of aromatic nitrogens is 1. The van der Waals surface area contributed by atoms with Crippen molar-refractivity contribution in [3.63, 3.8) is 0 Å². The second kappa shape index (κ2) is 5.35. The van der Waals surface area contributed by atoms with Crippen molar-refractivity contribution < 1.29 is 9.21 Å². The molecule has 0 saturated heterocycles. The lowest BCUT2D eigenvalue weighted by atomic mass is 10.5. The van der Waals surface area contributed by atoms with Crippen LogP contribution in [0.1, 0.15) is 30.2 Å². The van der Waals surface area contributed by atoms with Crippen LogP contribution in [0, 0.1) is 6.92 Å². The van der Waals surface area contributed by atoms with E-state index in [4.69, 9.17) is 4.42 Å². The zero-order valence-corrected chi connectivity index (χ0v) is 7.84. The van der Waals surface area contributed by atoms with Crippen molar-refractivity contribution in [2.45, 2.75) is 20.8 Å². The summed E-state index contributed by atoms with van der Waals surface area (Å²) in [6.45, 7) is 5.69. The quantitative estimate of drug-likeness (QED) is 0.692. The van der Waals surface area contributed by atoms with Gasteiger partial charge in [0.2, 0.25) is 0 Å². The van der Waals surface area contributed by atoms with Crippen molar-refractivity contribution in [2.75, 3.05) is 7.05 Å². The summed E-state index contributed by atoms with van der Waals surface area (Å²) in [5.41, 5.74) is 0.319. The molecular formula is C8H14N2O2. The summed E-state index contributed by atoms with van der Waals surface area (Å²) in [5, 5.41) is 2.43. The third-order valence-electron chi connectivity index (χ3n) is 1.08. The van der Waals surface area contributed by atoms with E-state index in [1.54, 1.807) is 14.0 Å². The lowest BCUT2D eigenvalue weighted by molar-refractivity contribution is 0.0958. The summed E-state index contributed by atoms with van der Waals surface area (Å²) >= 11 is 0. The number of nitrogens with zero attached hydrogens (tertiary/aromatic N) is 1. The van der Waals surface area contributed by atoms with Gasteiger partial charge in [0, 0.05) is 14.0 Å². The Kier molecular flexibility index (Phi) is 4.76. The molecule has 1 amide bonds. The number of carbonyl (C=O) groups is 1. The van der Waals surface area contributed by atoms with Crippen LogP contribution >= 0.6 is 0 Å². The van der Waals surface area contributed by atoms with Gasteiger partial charge in [-0.05, 0) is 0 Å². The minimum Gasteiger partial charge on any atom is -0.448 e. The lowest BCUT2D eigenvalue weighted by Crippen LogP contribution is -2.17. The fourth-order valence-electron chi connectivity index (χ4n) is 0.596. The molecule has 0 fully saturated rings. The average molecular weight is 170 g/mol. The maximum Gasteiger partial charge on any atom is 0.272 e. The zero-order chi connectivity index (χ0) is 9.56. The topological polar surface area (TPSA) is 55.1 Å². The first-order valence-electron chi connectivity index (χ1n) is 3.88. The zero-order valence-electron chi connectivity index (χ0n) is 7.84. The number of carbonyl (C=O) groups excluding carboxylic acids is 1. The predicted molar refractivity (Wildman–Crippen MR) is 46.0 cm³/mol. The lowest BCUT2D eigenvalue weighted by Gasteiger charge is -1.88. The van der Waals surface area contributed by atoms with Gasteiger partial charge in [0.05, 0.1) is 0 Å². The van der Waals surface area contributed by atoms with Crippen LogP contribution < -0.4 is 5.32 Å². The first kappa shape index (κ1) is 10.7. The minimum atomic E-state index is -0.225. The van der Waals surface area contributed by atoms with Gasteiger partial charge in [-0.15, -0.1) is 0 Å². The first-order valence-corrected chi connectivity index (χ1v) is 3.88. The van der Waals surface area contributed by atoms with Crippen molar-refractivity contribution in [1.82, 2.24) is 10.3 Å². The fourth-order valence-corrected chi connectivity index (χ4v) is 0.596. The smallest absolute Gasteiger partial charge is 0.272 e. The molecule has 1 heterocycles. The molecule has 0 spiro atoms. The van der Waals surface area contributed by atoms with E-state index in [0.717, 1.165) is 0 Å². The average Bonchev–Trinajstić information content (AvgIpc) is 2.54. The molecule has 0 atom stereocenters. The van der Waals surface area contributed by atoms with Gasteiger partial charge in [0.1, 0.15) is 6.26 Å². The maximum atomic E-state index is 10.8. The standard InChI is InChI=1S/C6H8N2O2.C2H6/c1-4-8-5(3-10-4)6(9)7-2;1-2/h3H,1-2H3,(H,7,9);1-2H3. The maximum absolute atomic E-state index is 10.8. The van der Waals surface area contributed by atoms with Crippen LogP contribution in [0.2, 0.25) is 0 Å². The third kappa shape index (κ3) is 2.74. The number of hydrogen-bond acceptors (Lipinski definition) is 3. The number of oxazole rings is 1. The Morgan fingerprint density at radius 3 is 2.50 bits per heavy atom. The van der Waals surface area contributed by atoms with Crippen molar-refractivity contribution >= 4 is 5.91 Å². The van der Waals surface area contributed by atoms with E-state index in [-0.39, 0.29) is 5.91 Å². The minimum absolute atomic E-state index is 0.225. The molecule has 1 aromatic heterocycles. The largest absolute Gasteiger partial charge is 0.448 e. The van der Waals surface area contributed by atoms with Crippen LogP contribution in [0.3, 0.4) is 0 Å². The SMILES string of the molecule is CC.CNC(=O)c1coc(C)n1. The highest BCUT2D eigenvalue weighted by Crippen LogP contribution is 1.98. The molecule has 4 nitrogen and oxygen atoms in total. The summed E-state index contributed by atoms with van der Waals surface area (Å²) in [4.78, 5) is 14.6. The highest BCUT2D eigenvalue weighted by molar-refractivity contribution is 5.91. The second-order valence-corrected chi connectivity index (χ2v) is 1.83. The highest BCUT2D eigenvalue weighted by Gasteiger charge is 2.06. The van der Waals surface area contributed by atoms with E-state index in [1.807, 2.05) is 13.8 Å². The number of rotatable bonds is 1. The van der Waals surface area contributed by atoms with Gasteiger partial charge in [-0.3, -0.25) is 4.79 Å². The number of aryl methyl sites for hydroxylation is 1.